The minimum absolute atomic E-state index is 0.0117. The fourth-order valence-corrected chi connectivity index (χ4v) is 2.01. The summed E-state index contributed by atoms with van der Waals surface area (Å²) in [5.41, 5.74) is 1.91. The topological polar surface area (TPSA) is 78.4 Å². The van der Waals surface area contributed by atoms with Crippen molar-refractivity contribution in [3.8, 4) is 0 Å². The smallest absolute Gasteiger partial charge is 0.315 e. The molecule has 5 nitrogen and oxygen atoms in total. The number of hydrogen-bond acceptors (Lipinski definition) is 2. The van der Waals surface area contributed by atoms with Crippen molar-refractivity contribution in [1.82, 2.24) is 10.6 Å². The van der Waals surface area contributed by atoms with Crippen LogP contribution in [0.1, 0.15) is 36.5 Å². The van der Waals surface area contributed by atoms with Crippen LogP contribution in [0.2, 0.25) is 0 Å². The third-order valence-electron chi connectivity index (χ3n) is 3.12. The molecule has 116 valence electrons. The maximum Gasteiger partial charge on any atom is 0.315 e. The van der Waals surface area contributed by atoms with Crippen molar-refractivity contribution in [2.75, 3.05) is 0 Å². The molecule has 1 aromatic rings. The van der Waals surface area contributed by atoms with Gasteiger partial charge in [0.2, 0.25) is 0 Å². The molecule has 0 radical (unpaired) electrons. The van der Waals surface area contributed by atoms with Crippen LogP contribution in [-0.4, -0.2) is 23.1 Å². The molecule has 6 heteroatoms. The molecule has 0 saturated carbocycles. The molecule has 0 aliphatic heterocycles. The first-order valence-electron chi connectivity index (χ1n) is 6.81. The maximum atomic E-state index is 13.5. The Labute approximate surface area is 123 Å². The number of benzene rings is 1. The van der Waals surface area contributed by atoms with E-state index in [-0.39, 0.29) is 24.3 Å². The summed E-state index contributed by atoms with van der Waals surface area (Å²) < 4.78 is 13.5. The number of carboxylic acids is 1. The number of amides is 2. The largest absolute Gasteiger partial charge is 0.481 e. The van der Waals surface area contributed by atoms with Gasteiger partial charge in [-0.3, -0.25) is 4.79 Å². The van der Waals surface area contributed by atoms with Crippen LogP contribution >= 0.6 is 0 Å². The maximum absolute atomic E-state index is 13.5. The van der Waals surface area contributed by atoms with Gasteiger partial charge >= 0.3 is 12.0 Å². The quantitative estimate of drug-likeness (QED) is 0.754. The summed E-state index contributed by atoms with van der Waals surface area (Å²) in [4.78, 5) is 22.1. The monoisotopic (exact) mass is 296 g/mol. The number of hydrogen-bond donors (Lipinski definition) is 3. The second kappa shape index (κ2) is 7.61. The minimum atomic E-state index is -0.888. The molecule has 1 aromatic carbocycles. The van der Waals surface area contributed by atoms with Gasteiger partial charge in [-0.05, 0) is 43.9 Å². The molecule has 0 aliphatic rings. The number of aliphatic carboxylic acids is 1. The van der Waals surface area contributed by atoms with E-state index in [4.69, 9.17) is 5.11 Å². The highest BCUT2D eigenvalue weighted by molar-refractivity contribution is 5.74. The van der Waals surface area contributed by atoms with Gasteiger partial charge in [0, 0.05) is 19.0 Å². The molecule has 0 aliphatic carbocycles. The van der Waals surface area contributed by atoms with Crippen LogP contribution in [-0.2, 0) is 11.3 Å². The number of carbonyl (C=O) groups is 2. The molecule has 0 heterocycles. The SMILES string of the molecule is Cc1cc(CNC(=O)NC(C)CCC(=O)O)cc(C)c1F. The molecule has 0 saturated heterocycles. The fraction of sp³-hybridized carbons (Fsp3) is 0.467. The van der Waals surface area contributed by atoms with Crippen molar-refractivity contribution in [1.29, 1.82) is 0 Å². The highest BCUT2D eigenvalue weighted by Crippen LogP contribution is 2.14. The average Bonchev–Trinajstić information content (AvgIpc) is 2.40. The highest BCUT2D eigenvalue weighted by Gasteiger charge is 2.09. The van der Waals surface area contributed by atoms with E-state index in [1.54, 1.807) is 32.9 Å². The molecule has 1 unspecified atom stereocenters. The van der Waals surface area contributed by atoms with E-state index in [9.17, 15) is 14.0 Å². The lowest BCUT2D eigenvalue weighted by Crippen LogP contribution is -2.40. The van der Waals surface area contributed by atoms with Gasteiger partial charge in [0.25, 0.3) is 0 Å². The van der Waals surface area contributed by atoms with Crippen molar-refractivity contribution < 1.29 is 19.1 Å². The second-order valence-corrected chi connectivity index (χ2v) is 5.20. The van der Waals surface area contributed by atoms with Crippen LogP contribution in [0.4, 0.5) is 9.18 Å². The lowest BCUT2D eigenvalue weighted by Gasteiger charge is -2.14. The van der Waals surface area contributed by atoms with Crippen LogP contribution in [0.15, 0.2) is 12.1 Å². The van der Waals surface area contributed by atoms with Crippen molar-refractivity contribution in [3.63, 3.8) is 0 Å². The van der Waals surface area contributed by atoms with Crippen molar-refractivity contribution in [2.45, 2.75) is 46.2 Å². The third-order valence-corrected chi connectivity index (χ3v) is 3.12. The highest BCUT2D eigenvalue weighted by atomic mass is 19.1. The fourth-order valence-electron chi connectivity index (χ4n) is 2.01. The average molecular weight is 296 g/mol. The second-order valence-electron chi connectivity index (χ2n) is 5.20. The molecule has 21 heavy (non-hydrogen) atoms. The van der Waals surface area contributed by atoms with Crippen LogP contribution in [0, 0.1) is 19.7 Å². The normalized spacial score (nSPS) is 11.8. The zero-order chi connectivity index (χ0) is 16.0. The summed E-state index contributed by atoms with van der Waals surface area (Å²) in [7, 11) is 0. The van der Waals surface area contributed by atoms with E-state index in [2.05, 4.69) is 10.6 Å². The first-order chi connectivity index (χ1) is 9.79. The molecular weight excluding hydrogens is 275 g/mol. The van der Waals surface area contributed by atoms with Crippen LogP contribution in [0.5, 0.6) is 0 Å². The summed E-state index contributed by atoms with van der Waals surface area (Å²) in [6.45, 7) is 5.40. The van der Waals surface area contributed by atoms with Gasteiger partial charge in [0.15, 0.2) is 0 Å². The lowest BCUT2D eigenvalue weighted by atomic mass is 10.1. The van der Waals surface area contributed by atoms with Crippen molar-refractivity contribution in [2.24, 2.45) is 0 Å². The Morgan fingerprint density at radius 2 is 1.86 bits per heavy atom. The van der Waals surface area contributed by atoms with E-state index in [0.29, 0.717) is 24.1 Å². The molecular formula is C15H21FN2O3. The van der Waals surface area contributed by atoms with Crippen molar-refractivity contribution in [3.05, 3.63) is 34.6 Å². The van der Waals surface area contributed by atoms with Crippen LogP contribution < -0.4 is 10.6 Å². The van der Waals surface area contributed by atoms with Gasteiger partial charge < -0.3 is 15.7 Å². The van der Waals surface area contributed by atoms with Crippen molar-refractivity contribution >= 4 is 12.0 Å². The number of rotatable bonds is 6. The Hall–Kier alpha value is -2.11. The first kappa shape index (κ1) is 16.9. The van der Waals surface area contributed by atoms with E-state index < -0.39 is 5.97 Å². The number of aryl methyl sites for hydroxylation is 2. The van der Waals surface area contributed by atoms with Gasteiger partial charge in [0.1, 0.15) is 5.82 Å². The Bertz CT molecular complexity index is 509. The summed E-state index contributed by atoms with van der Waals surface area (Å²) in [5, 5.41) is 13.9. The summed E-state index contributed by atoms with van der Waals surface area (Å²) >= 11 is 0. The Balaban J connectivity index is 2.44. The summed E-state index contributed by atoms with van der Waals surface area (Å²) in [6.07, 6.45) is 0.384. The predicted molar refractivity (Wildman–Crippen MR) is 77.6 cm³/mol. The Kier molecular flexibility index (Phi) is 6.14. The van der Waals surface area contributed by atoms with E-state index in [0.717, 1.165) is 5.56 Å². The van der Waals surface area contributed by atoms with Gasteiger partial charge in [-0.25, -0.2) is 9.18 Å². The molecule has 1 atom stereocenters. The zero-order valence-corrected chi connectivity index (χ0v) is 12.5. The number of halogens is 1. The molecule has 3 N–H and O–H groups in total. The van der Waals surface area contributed by atoms with Gasteiger partial charge in [-0.1, -0.05) is 12.1 Å². The first-order valence-corrected chi connectivity index (χ1v) is 6.81. The van der Waals surface area contributed by atoms with E-state index in [1.165, 1.54) is 0 Å². The summed E-state index contributed by atoms with van der Waals surface area (Å²) in [5.74, 6) is -1.12. The zero-order valence-electron chi connectivity index (χ0n) is 12.5. The number of carboxylic acid groups (broad SMARTS) is 1. The Morgan fingerprint density at radius 1 is 1.29 bits per heavy atom. The Morgan fingerprint density at radius 3 is 2.38 bits per heavy atom. The number of carbonyl (C=O) groups excluding carboxylic acids is 1. The molecule has 1 rings (SSSR count). The van der Waals surface area contributed by atoms with Gasteiger partial charge in [-0.15, -0.1) is 0 Å². The molecule has 0 fully saturated rings. The number of urea groups is 1. The standard InChI is InChI=1S/C15H21FN2O3/c1-9-6-12(7-10(2)14(9)16)8-17-15(21)18-11(3)4-5-13(19)20/h6-7,11H,4-5,8H2,1-3H3,(H,19,20)(H2,17,18,21). The molecule has 0 spiro atoms. The summed E-state index contributed by atoms with van der Waals surface area (Å²) in [6, 6.07) is 2.79. The van der Waals surface area contributed by atoms with Crippen LogP contribution in [0.25, 0.3) is 0 Å². The van der Waals surface area contributed by atoms with Gasteiger partial charge in [0.05, 0.1) is 0 Å². The van der Waals surface area contributed by atoms with Gasteiger partial charge in [-0.2, -0.15) is 0 Å². The molecule has 2 amide bonds. The van der Waals surface area contributed by atoms with E-state index >= 15 is 0 Å². The molecule has 0 bridgehead atoms. The van der Waals surface area contributed by atoms with E-state index in [1.807, 2.05) is 0 Å². The lowest BCUT2D eigenvalue weighted by molar-refractivity contribution is -0.137. The minimum Gasteiger partial charge on any atom is -0.481 e. The predicted octanol–water partition coefficient (Wildman–Crippen LogP) is 2.50. The molecule has 0 aromatic heterocycles. The third kappa shape index (κ3) is 5.81. The number of nitrogens with one attached hydrogen (secondary N) is 2. The van der Waals surface area contributed by atoms with Crippen LogP contribution in [0.3, 0.4) is 0 Å².